The van der Waals surface area contributed by atoms with Crippen molar-refractivity contribution in [2.75, 3.05) is 20.2 Å². The summed E-state index contributed by atoms with van der Waals surface area (Å²) >= 11 is 0. The lowest BCUT2D eigenvalue weighted by molar-refractivity contribution is -0.137. The number of piperidine rings is 1. The molecule has 2 fully saturated rings. The molecule has 136 valence electrons. The molecule has 2 amide bonds. The van der Waals surface area contributed by atoms with Gasteiger partial charge in [0.1, 0.15) is 11.8 Å². The number of carbonyl (C=O) groups is 2. The van der Waals surface area contributed by atoms with Crippen LogP contribution in [0.3, 0.4) is 0 Å². The zero-order valence-electron chi connectivity index (χ0n) is 15.0. The maximum atomic E-state index is 12.7. The Morgan fingerprint density at radius 1 is 1.24 bits per heavy atom. The fourth-order valence-corrected chi connectivity index (χ4v) is 3.87. The number of hydrogen-bond acceptors (Lipinski definition) is 3. The van der Waals surface area contributed by atoms with Crippen molar-refractivity contribution in [3.63, 3.8) is 0 Å². The second-order valence-corrected chi connectivity index (χ2v) is 7.19. The molecule has 0 aliphatic carbocycles. The van der Waals surface area contributed by atoms with Crippen LogP contribution in [0, 0.1) is 5.92 Å². The molecule has 1 N–H and O–H groups in total. The summed E-state index contributed by atoms with van der Waals surface area (Å²) in [6, 6.07) is 7.91. The maximum absolute atomic E-state index is 12.7. The van der Waals surface area contributed by atoms with Crippen LogP contribution in [0.5, 0.6) is 5.75 Å². The van der Waals surface area contributed by atoms with Crippen molar-refractivity contribution < 1.29 is 14.3 Å². The Bertz CT molecular complexity index is 609. The van der Waals surface area contributed by atoms with Gasteiger partial charge >= 0.3 is 0 Å². The molecule has 25 heavy (non-hydrogen) atoms. The van der Waals surface area contributed by atoms with Crippen molar-refractivity contribution in [2.24, 2.45) is 5.92 Å². The molecule has 2 saturated heterocycles. The minimum atomic E-state index is -0.315. The zero-order chi connectivity index (χ0) is 17.6. The van der Waals surface area contributed by atoms with Crippen LogP contribution >= 0.6 is 0 Å². The first-order valence-corrected chi connectivity index (χ1v) is 9.37. The topological polar surface area (TPSA) is 58.6 Å². The molecule has 0 radical (unpaired) electrons. The van der Waals surface area contributed by atoms with E-state index in [1.54, 1.807) is 7.11 Å². The molecule has 5 heteroatoms. The van der Waals surface area contributed by atoms with E-state index >= 15 is 0 Å². The van der Waals surface area contributed by atoms with E-state index in [2.05, 4.69) is 17.4 Å². The Balaban J connectivity index is 1.50. The molecular weight excluding hydrogens is 316 g/mol. The lowest BCUT2D eigenvalue weighted by Crippen LogP contribution is -2.50. The Kier molecular flexibility index (Phi) is 5.95. The highest BCUT2D eigenvalue weighted by molar-refractivity contribution is 5.88. The molecule has 2 aliphatic heterocycles. The highest BCUT2D eigenvalue weighted by Gasteiger charge is 2.30. The highest BCUT2D eigenvalue weighted by Crippen LogP contribution is 2.24. The van der Waals surface area contributed by atoms with E-state index in [0.717, 1.165) is 57.4 Å². The summed E-state index contributed by atoms with van der Waals surface area (Å²) in [5, 5.41) is 2.90. The van der Waals surface area contributed by atoms with Crippen molar-refractivity contribution in [1.29, 1.82) is 0 Å². The first-order chi connectivity index (χ1) is 12.2. The largest absolute Gasteiger partial charge is 0.497 e. The van der Waals surface area contributed by atoms with Gasteiger partial charge in [-0.15, -0.1) is 0 Å². The lowest BCUT2D eigenvalue weighted by Gasteiger charge is -2.34. The van der Waals surface area contributed by atoms with E-state index < -0.39 is 0 Å². The number of nitrogens with one attached hydrogen (secondary N) is 1. The molecule has 0 saturated carbocycles. The smallest absolute Gasteiger partial charge is 0.245 e. The van der Waals surface area contributed by atoms with Crippen molar-refractivity contribution in [3.05, 3.63) is 29.8 Å². The van der Waals surface area contributed by atoms with Gasteiger partial charge in [0.15, 0.2) is 0 Å². The quantitative estimate of drug-likeness (QED) is 0.913. The fourth-order valence-electron chi connectivity index (χ4n) is 3.87. The molecule has 2 aliphatic rings. The molecule has 0 unspecified atom stereocenters. The molecule has 3 rings (SSSR count). The van der Waals surface area contributed by atoms with Gasteiger partial charge in [-0.3, -0.25) is 9.59 Å². The number of hydrogen-bond donors (Lipinski definition) is 1. The highest BCUT2D eigenvalue weighted by atomic mass is 16.5. The monoisotopic (exact) mass is 344 g/mol. The second-order valence-electron chi connectivity index (χ2n) is 7.19. The summed E-state index contributed by atoms with van der Waals surface area (Å²) < 4.78 is 5.29. The van der Waals surface area contributed by atoms with Crippen LogP contribution < -0.4 is 10.1 Å². The number of rotatable bonds is 4. The molecule has 1 aromatic rings. The minimum absolute atomic E-state index is 0.0174. The van der Waals surface area contributed by atoms with Gasteiger partial charge in [-0.1, -0.05) is 18.6 Å². The normalized spacial score (nSPS) is 22.2. The summed E-state index contributed by atoms with van der Waals surface area (Å²) in [6.45, 7) is 1.58. The average molecular weight is 344 g/mol. The maximum Gasteiger partial charge on any atom is 0.245 e. The predicted octanol–water partition coefficient (Wildman–Crippen LogP) is 2.54. The molecule has 1 aromatic carbocycles. The molecule has 0 aromatic heterocycles. The molecule has 1 atom stereocenters. The number of nitrogens with zero attached hydrogens (tertiary/aromatic N) is 1. The van der Waals surface area contributed by atoms with Crippen molar-refractivity contribution >= 4 is 11.8 Å². The average Bonchev–Trinajstić information content (AvgIpc) is 2.86. The van der Waals surface area contributed by atoms with E-state index in [-0.39, 0.29) is 17.9 Å². The first kappa shape index (κ1) is 17.8. The van der Waals surface area contributed by atoms with Crippen LogP contribution in [0.2, 0.25) is 0 Å². The summed E-state index contributed by atoms with van der Waals surface area (Å²) in [5.74, 6) is 1.62. The Hall–Kier alpha value is -2.04. The number of methoxy groups -OCH3 is 1. The van der Waals surface area contributed by atoms with Gasteiger partial charge in [0.2, 0.25) is 11.8 Å². The van der Waals surface area contributed by atoms with Crippen LogP contribution in [0.25, 0.3) is 0 Å². The lowest BCUT2D eigenvalue weighted by atomic mass is 9.90. The molecular formula is C20H28N2O3. The number of ether oxygens (including phenoxy) is 1. The van der Waals surface area contributed by atoms with Crippen molar-refractivity contribution in [3.8, 4) is 5.75 Å². The number of likely N-dealkylation sites (tertiary alicyclic amines) is 1. The van der Waals surface area contributed by atoms with Gasteiger partial charge in [0, 0.05) is 19.5 Å². The van der Waals surface area contributed by atoms with E-state index in [1.807, 2.05) is 17.0 Å². The number of amides is 2. The third-order valence-electron chi connectivity index (χ3n) is 5.36. The zero-order valence-corrected chi connectivity index (χ0v) is 15.0. The number of carbonyl (C=O) groups excluding carboxylic acids is 2. The van der Waals surface area contributed by atoms with Crippen molar-refractivity contribution in [2.45, 2.75) is 51.0 Å². The Morgan fingerprint density at radius 2 is 2.04 bits per heavy atom. The standard InChI is InChI=1S/C20H28N2O3/c1-25-17-6-4-5-16(14-17)13-15-9-11-22(12-10-15)20(24)18-7-2-3-8-19(23)21-18/h4-6,14-15,18H,2-3,7-13H2,1H3,(H,21,23)/t18-/m0/s1. The van der Waals surface area contributed by atoms with E-state index in [9.17, 15) is 9.59 Å². The van der Waals surface area contributed by atoms with E-state index in [0.29, 0.717) is 12.3 Å². The van der Waals surface area contributed by atoms with Crippen LogP contribution in [0.15, 0.2) is 24.3 Å². The van der Waals surface area contributed by atoms with Crippen LogP contribution in [0.1, 0.15) is 44.1 Å². The third-order valence-corrected chi connectivity index (χ3v) is 5.36. The van der Waals surface area contributed by atoms with Crippen molar-refractivity contribution in [1.82, 2.24) is 10.2 Å². The van der Waals surface area contributed by atoms with Gasteiger partial charge in [0.05, 0.1) is 7.11 Å². The predicted molar refractivity (Wildman–Crippen MR) is 96.4 cm³/mol. The molecule has 2 heterocycles. The summed E-state index contributed by atoms with van der Waals surface area (Å²) in [5.41, 5.74) is 1.29. The molecule has 0 bridgehead atoms. The minimum Gasteiger partial charge on any atom is -0.497 e. The summed E-state index contributed by atoms with van der Waals surface area (Å²) in [6.07, 6.45) is 6.22. The van der Waals surface area contributed by atoms with Gasteiger partial charge in [0.25, 0.3) is 0 Å². The summed E-state index contributed by atoms with van der Waals surface area (Å²) in [7, 11) is 1.69. The van der Waals surface area contributed by atoms with Gasteiger partial charge in [-0.2, -0.15) is 0 Å². The van der Waals surface area contributed by atoms with Gasteiger partial charge < -0.3 is 15.0 Å². The van der Waals surface area contributed by atoms with Crippen LogP contribution in [-0.2, 0) is 16.0 Å². The number of benzene rings is 1. The molecule has 0 spiro atoms. The van der Waals surface area contributed by atoms with E-state index in [4.69, 9.17) is 4.74 Å². The van der Waals surface area contributed by atoms with Gasteiger partial charge in [-0.25, -0.2) is 0 Å². The van der Waals surface area contributed by atoms with Crippen LogP contribution in [0.4, 0.5) is 0 Å². The first-order valence-electron chi connectivity index (χ1n) is 9.37. The second kappa shape index (κ2) is 8.37. The third kappa shape index (κ3) is 4.74. The summed E-state index contributed by atoms with van der Waals surface area (Å²) in [4.78, 5) is 26.3. The SMILES string of the molecule is COc1cccc(CC2CCN(C(=O)[C@@H]3CCCCC(=O)N3)CC2)c1. The molecule has 5 nitrogen and oxygen atoms in total. The van der Waals surface area contributed by atoms with E-state index in [1.165, 1.54) is 5.56 Å². The Morgan fingerprint density at radius 3 is 2.80 bits per heavy atom. The fraction of sp³-hybridized carbons (Fsp3) is 0.600. The Labute approximate surface area is 149 Å². The van der Waals surface area contributed by atoms with Gasteiger partial charge in [-0.05, 0) is 55.7 Å². The van der Waals surface area contributed by atoms with Crippen LogP contribution in [-0.4, -0.2) is 43.0 Å².